The number of aromatic nitrogens is 1. The molecule has 2 atom stereocenters. The van der Waals surface area contributed by atoms with Crippen molar-refractivity contribution in [2.24, 2.45) is 13.0 Å². The van der Waals surface area contributed by atoms with E-state index in [9.17, 15) is 18.0 Å². The van der Waals surface area contributed by atoms with Gasteiger partial charge in [-0.2, -0.15) is 4.31 Å². The predicted molar refractivity (Wildman–Crippen MR) is 130 cm³/mol. The van der Waals surface area contributed by atoms with Gasteiger partial charge in [-0.3, -0.25) is 9.59 Å². The molecule has 2 aromatic rings. The first-order valence-electron chi connectivity index (χ1n) is 12.1. The van der Waals surface area contributed by atoms with Crippen molar-refractivity contribution in [3.63, 3.8) is 0 Å². The van der Waals surface area contributed by atoms with Gasteiger partial charge in [0.2, 0.25) is 15.5 Å². The highest BCUT2D eigenvalue weighted by molar-refractivity contribution is 7.89. The average molecular weight is 474 g/mol. The molecule has 1 N–H and O–H groups in total. The average Bonchev–Trinajstić information content (AvgIpc) is 2.82. The van der Waals surface area contributed by atoms with Crippen LogP contribution in [0.15, 0.2) is 34.1 Å². The summed E-state index contributed by atoms with van der Waals surface area (Å²) in [6, 6.07) is 4.69. The smallest absolute Gasteiger partial charge is 0.256 e. The van der Waals surface area contributed by atoms with Crippen molar-refractivity contribution in [1.29, 1.82) is 0 Å². The molecule has 0 saturated heterocycles. The first-order valence-corrected chi connectivity index (χ1v) is 13.6. The van der Waals surface area contributed by atoms with E-state index in [-0.39, 0.29) is 33.8 Å². The van der Waals surface area contributed by atoms with Gasteiger partial charge in [0.15, 0.2) is 0 Å². The van der Waals surface area contributed by atoms with Gasteiger partial charge in [-0.15, -0.1) is 0 Å². The Balaban J connectivity index is 1.69. The molecule has 33 heavy (non-hydrogen) atoms. The molecule has 0 unspecified atom stereocenters. The fraction of sp³-hybridized carbons (Fsp3) is 0.600. The Kier molecular flexibility index (Phi) is 6.96. The van der Waals surface area contributed by atoms with E-state index in [1.807, 2.05) is 0 Å². The number of carbonyl (C=O) groups is 1. The lowest BCUT2D eigenvalue weighted by Gasteiger charge is -2.30. The van der Waals surface area contributed by atoms with Crippen molar-refractivity contribution in [3.8, 4) is 0 Å². The van der Waals surface area contributed by atoms with Gasteiger partial charge in [0.1, 0.15) is 5.56 Å². The number of nitrogens with zero attached hydrogens (tertiary/aromatic N) is 2. The number of carbonyl (C=O) groups excluding carboxylic acids is 1. The van der Waals surface area contributed by atoms with Crippen LogP contribution in [-0.2, 0) is 17.1 Å². The van der Waals surface area contributed by atoms with Crippen LogP contribution in [0.4, 0.5) is 0 Å². The molecule has 2 aliphatic carbocycles. The predicted octanol–water partition coefficient (Wildman–Crippen LogP) is 3.80. The van der Waals surface area contributed by atoms with Gasteiger partial charge in [0.05, 0.1) is 10.4 Å². The highest BCUT2D eigenvalue weighted by Crippen LogP contribution is 2.28. The zero-order valence-corrected chi connectivity index (χ0v) is 20.7. The fourth-order valence-electron chi connectivity index (χ4n) is 5.38. The van der Waals surface area contributed by atoms with Gasteiger partial charge >= 0.3 is 0 Å². The summed E-state index contributed by atoms with van der Waals surface area (Å²) < 4.78 is 29.8. The third-order valence-electron chi connectivity index (χ3n) is 7.60. The monoisotopic (exact) mass is 473 g/mol. The number of fused-ring (bicyclic) bond motifs is 1. The first kappa shape index (κ1) is 24.0. The van der Waals surface area contributed by atoms with E-state index in [1.165, 1.54) is 10.4 Å². The molecule has 0 radical (unpaired) electrons. The van der Waals surface area contributed by atoms with Crippen LogP contribution in [0, 0.1) is 5.92 Å². The van der Waals surface area contributed by atoms with Crippen molar-refractivity contribution < 1.29 is 13.2 Å². The second-order valence-electron chi connectivity index (χ2n) is 9.82. The van der Waals surface area contributed by atoms with Crippen LogP contribution in [0.1, 0.15) is 75.1 Å². The lowest BCUT2D eigenvalue weighted by molar-refractivity contribution is 0.0908. The number of sulfonamides is 1. The Morgan fingerprint density at radius 1 is 1.06 bits per heavy atom. The van der Waals surface area contributed by atoms with Crippen molar-refractivity contribution in [2.75, 3.05) is 7.05 Å². The van der Waals surface area contributed by atoms with Crippen LogP contribution in [0.3, 0.4) is 0 Å². The molecule has 1 amide bonds. The van der Waals surface area contributed by atoms with Gasteiger partial charge in [-0.25, -0.2) is 8.42 Å². The van der Waals surface area contributed by atoms with E-state index in [0.717, 1.165) is 57.8 Å². The van der Waals surface area contributed by atoms with Crippen LogP contribution in [0.2, 0.25) is 0 Å². The molecule has 1 heterocycles. The van der Waals surface area contributed by atoms with Gasteiger partial charge in [0, 0.05) is 37.8 Å². The Hall–Kier alpha value is -2.19. The van der Waals surface area contributed by atoms with E-state index in [1.54, 1.807) is 37.0 Å². The zero-order valence-electron chi connectivity index (χ0n) is 19.8. The molecule has 0 spiro atoms. The number of nitrogens with one attached hydrogen (secondary N) is 1. The standard InChI is InChI=1S/C25H35N3O4S/c1-17-9-7-8-12-22(17)26-25(30)21-16-27(2)23-14-13-19(15-20(23)24(21)29)33(31,32)28(3)18-10-5-4-6-11-18/h13-18,22H,4-12H2,1-3H3,(H,26,30)/t17-,22-/m1/s1. The quantitative estimate of drug-likeness (QED) is 0.715. The van der Waals surface area contributed by atoms with Crippen LogP contribution in [-0.4, -0.2) is 42.3 Å². The van der Waals surface area contributed by atoms with Crippen molar-refractivity contribution in [2.45, 2.75) is 81.7 Å². The van der Waals surface area contributed by atoms with E-state index >= 15 is 0 Å². The highest BCUT2D eigenvalue weighted by atomic mass is 32.2. The Bertz CT molecular complexity index is 1200. The second kappa shape index (κ2) is 9.58. The second-order valence-corrected chi connectivity index (χ2v) is 11.8. The molecule has 7 nitrogen and oxygen atoms in total. The summed E-state index contributed by atoms with van der Waals surface area (Å²) in [5, 5.41) is 3.29. The lowest BCUT2D eigenvalue weighted by atomic mass is 9.86. The summed E-state index contributed by atoms with van der Waals surface area (Å²) in [4.78, 5) is 26.4. The number of benzene rings is 1. The SMILES string of the molecule is C[C@@H]1CCCC[C@H]1NC(=O)c1cn(C)c2ccc(S(=O)(=O)N(C)C3CCCCC3)cc2c1=O. The summed E-state index contributed by atoms with van der Waals surface area (Å²) in [7, 11) is -0.342. The summed E-state index contributed by atoms with van der Waals surface area (Å²) in [6.45, 7) is 2.13. The van der Waals surface area contributed by atoms with E-state index in [4.69, 9.17) is 0 Å². The number of hydrogen-bond donors (Lipinski definition) is 1. The molecule has 1 aromatic carbocycles. The molecule has 2 fully saturated rings. The number of hydrogen-bond acceptors (Lipinski definition) is 4. The van der Waals surface area contributed by atoms with Crippen LogP contribution in [0.5, 0.6) is 0 Å². The van der Waals surface area contributed by atoms with Crippen LogP contribution < -0.4 is 10.7 Å². The van der Waals surface area contributed by atoms with E-state index in [0.29, 0.717) is 11.4 Å². The molecule has 2 aliphatic rings. The van der Waals surface area contributed by atoms with Crippen molar-refractivity contribution >= 4 is 26.8 Å². The maximum atomic E-state index is 13.3. The van der Waals surface area contributed by atoms with Crippen LogP contribution in [0.25, 0.3) is 10.9 Å². The maximum absolute atomic E-state index is 13.3. The Labute approximate surface area is 196 Å². The number of amides is 1. The summed E-state index contributed by atoms with van der Waals surface area (Å²) in [5.74, 6) is -0.0112. The minimum atomic E-state index is -3.74. The minimum absolute atomic E-state index is 0.0168. The Morgan fingerprint density at radius 3 is 2.42 bits per heavy atom. The Morgan fingerprint density at radius 2 is 1.73 bits per heavy atom. The zero-order chi connectivity index (χ0) is 23.8. The number of rotatable bonds is 5. The first-order chi connectivity index (χ1) is 15.7. The number of pyridine rings is 1. The topological polar surface area (TPSA) is 88.5 Å². The molecule has 8 heteroatoms. The molecule has 1 aromatic heterocycles. The number of aryl methyl sites for hydroxylation is 1. The molecular formula is C25H35N3O4S. The molecule has 180 valence electrons. The van der Waals surface area contributed by atoms with Gasteiger partial charge in [-0.1, -0.05) is 39.0 Å². The van der Waals surface area contributed by atoms with Crippen LogP contribution >= 0.6 is 0 Å². The maximum Gasteiger partial charge on any atom is 0.256 e. The highest BCUT2D eigenvalue weighted by Gasteiger charge is 2.30. The van der Waals surface area contributed by atoms with Gasteiger partial charge < -0.3 is 9.88 Å². The third kappa shape index (κ3) is 4.73. The normalized spacial score (nSPS) is 22.5. The van der Waals surface area contributed by atoms with E-state index < -0.39 is 15.5 Å². The molecule has 2 saturated carbocycles. The lowest BCUT2D eigenvalue weighted by Crippen LogP contribution is -2.42. The van der Waals surface area contributed by atoms with Gasteiger partial charge in [0.25, 0.3) is 5.91 Å². The molecular weight excluding hydrogens is 438 g/mol. The third-order valence-corrected chi connectivity index (χ3v) is 9.50. The molecule has 0 aliphatic heterocycles. The summed E-state index contributed by atoms with van der Waals surface area (Å²) in [6.07, 6.45) is 10.7. The van der Waals surface area contributed by atoms with Gasteiger partial charge in [-0.05, 0) is 49.8 Å². The molecule has 0 bridgehead atoms. The molecule has 4 rings (SSSR count). The summed E-state index contributed by atoms with van der Waals surface area (Å²) >= 11 is 0. The van der Waals surface area contributed by atoms with E-state index in [2.05, 4.69) is 12.2 Å². The van der Waals surface area contributed by atoms with Crippen molar-refractivity contribution in [1.82, 2.24) is 14.2 Å². The fourth-order valence-corrected chi connectivity index (χ4v) is 6.82. The largest absolute Gasteiger partial charge is 0.350 e. The minimum Gasteiger partial charge on any atom is -0.350 e. The summed E-state index contributed by atoms with van der Waals surface area (Å²) in [5.41, 5.74) is 0.223. The van der Waals surface area contributed by atoms with Crippen molar-refractivity contribution in [3.05, 3.63) is 40.2 Å².